The molecule has 0 amide bonds. The summed E-state index contributed by atoms with van der Waals surface area (Å²) in [5.41, 5.74) is 4.70. The zero-order valence-corrected chi connectivity index (χ0v) is 16.2. The van der Waals surface area contributed by atoms with Crippen LogP contribution in [0.2, 0.25) is 0 Å². The highest BCUT2D eigenvalue weighted by molar-refractivity contribution is 5.89. The Morgan fingerprint density at radius 1 is 0.967 bits per heavy atom. The second kappa shape index (κ2) is 8.99. The van der Waals surface area contributed by atoms with Crippen LogP contribution in [0.4, 0.5) is 23.5 Å². The van der Waals surface area contributed by atoms with Crippen molar-refractivity contribution in [3.05, 3.63) is 65.7 Å². The van der Waals surface area contributed by atoms with Gasteiger partial charge < -0.3 is 15.3 Å². The van der Waals surface area contributed by atoms with Gasteiger partial charge >= 0.3 is 5.97 Å². The molecule has 3 aromatic rings. The Labute approximate surface area is 173 Å². The number of benzene rings is 2. The van der Waals surface area contributed by atoms with Gasteiger partial charge in [-0.05, 0) is 42.7 Å². The molecule has 1 aliphatic heterocycles. The normalized spacial score (nSPS) is 13.5. The number of hydrogen-bond acceptors (Lipinski definition) is 8. The van der Waals surface area contributed by atoms with Crippen LogP contribution in [0, 0.1) is 0 Å². The number of nitrogens with one attached hydrogen (secondary N) is 2. The van der Waals surface area contributed by atoms with Gasteiger partial charge in [-0.2, -0.15) is 20.1 Å². The molecule has 0 spiro atoms. The van der Waals surface area contributed by atoms with Gasteiger partial charge in [0.25, 0.3) is 0 Å². The molecule has 0 bridgehead atoms. The zero-order valence-electron chi connectivity index (χ0n) is 16.2. The Morgan fingerprint density at radius 2 is 1.67 bits per heavy atom. The Hall–Kier alpha value is -4.01. The summed E-state index contributed by atoms with van der Waals surface area (Å²) in [4.78, 5) is 26.5. The standard InChI is InChI=1S/C21H21N7O2/c29-18(30)16-10-8-15(9-11-16)14-22-27-20-24-19(23-17-6-2-1-3-7-17)25-21(26-20)28-12-4-5-13-28/h1-3,6-11,14H,4-5,12-13H2,(H,29,30)(H2,23,24,25,26,27). The van der Waals surface area contributed by atoms with Crippen LogP contribution in [0.15, 0.2) is 59.7 Å². The van der Waals surface area contributed by atoms with Crippen LogP contribution in [0.3, 0.4) is 0 Å². The van der Waals surface area contributed by atoms with Crippen molar-refractivity contribution in [2.24, 2.45) is 5.10 Å². The van der Waals surface area contributed by atoms with E-state index in [-0.39, 0.29) is 5.56 Å². The van der Waals surface area contributed by atoms with Crippen molar-refractivity contribution < 1.29 is 9.90 Å². The third-order valence-corrected chi connectivity index (χ3v) is 4.58. The molecular weight excluding hydrogens is 382 g/mol. The SMILES string of the molecule is O=C(O)c1ccc(C=NNc2nc(Nc3ccccc3)nc(N3CCCC3)n2)cc1. The summed E-state index contributed by atoms with van der Waals surface area (Å²) in [5.74, 6) is 0.393. The fraction of sp³-hybridized carbons (Fsp3) is 0.190. The van der Waals surface area contributed by atoms with Crippen LogP contribution in [-0.4, -0.2) is 45.3 Å². The molecule has 2 aromatic carbocycles. The van der Waals surface area contributed by atoms with Gasteiger partial charge in [-0.25, -0.2) is 10.2 Å². The first-order chi connectivity index (χ1) is 14.7. The van der Waals surface area contributed by atoms with Gasteiger partial charge in [-0.1, -0.05) is 30.3 Å². The molecule has 1 fully saturated rings. The lowest BCUT2D eigenvalue weighted by Gasteiger charge is -2.16. The molecule has 0 saturated carbocycles. The monoisotopic (exact) mass is 403 g/mol. The number of para-hydroxylation sites is 1. The van der Waals surface area contributed by atoms with Gasteiger partial charge in [-0.15, -0.1) is 0 Å². The second-order valence-corrected chi connectivity index (χ2v) is 6.76. The highest BCUT2D eigenvalue weighted by Gasteiger charge is 2.17. The summed E-state index contributed by atoms with van der Waals surface area (Å²) >= 11 is 0. The average molecular weight is 403 g/mol. The van der Waals surface area contributed by atoms with E-state index in [2.05, 4.69) is 35.7 Å². The molecule has 30 heavy (non-hydrogen) atoms. The maximum atomic E-state index is 10.9. The number of carboxylic acids is 1. The van der Waals surface area contributed by atoms with Crippen molar-refractivity contribution in [1.29, 1.82) is 0 Å². The summed E-state index contributed by atoms with van der Waals surface area (Å²) in [6.07, 6.45) is 3.80. The summed E-state index contributed by atoms with van der Waals surface area (Å²) in [7, 11) is 0. The fourth-order valence-corrected chi connectivity index (χ4v) is 3.06. The van der Waals surface area contributed by atoms with Crippen LogP contribution in [0.5, 0.6) is 0 Å². The van der Waals surface area contributed by atoms with Crippen molar-refractivity contribution in [2.45, 2.75) is 12.8 Å². The zero-order chi connectivity index (χ0) is 20.8. The number of aromatic carboxylic acids is 1. The summed E-state index contributed by atoms with van der Waals surface area (Å²) < 4.78 is 0. The number of hydrogen-bond donors (Lipinski definition) is 3. The first-order valence-electron chi connectivity index (χ1n) is 9.63. The number of nitrogens with zero attached hydrogens (tertiary/aromatic N) is 5. The molecular formula is C21H21N7O2. The predicted octanol–water partition coefficient (Wildman–Crippen LogP) is 3.36. The average Bonchev–Trinajstić information content (AvgIpc) is 3.30. The van der Waals surface area contributed by atoms with Gasteiger partial charge in [0.1, 0.15) is 0 Å². The van der Waals surface area contributed by atoms with Crippen LogP contribution >= 0.6 is 0 Å². The largest absolute Gasteiger partial charge is 0.478 e. The van der Waals surface area contributed by atoms with E-state index in [0.717, 1.165) is 37.2 Å². The van der Waals surface area contributed by atoms with Gasteiger partial charge in [-0.3, -0.25) is 0 Å². The van der Waals surface area contributed by atoms with Crippen molar-refractivity contribution >= 4 is 35.7 Å². The molecule has 152 valence electrons. The van der Waals surface area contributed by atoms with Gasteiger partial charge in [0.05, 0.1) is 11.8 Å². The lowest BCUT2D eigenvalue weighted by molar-refractivity contribution is 0.0697. The van der Waals surface area contributed by atoms with E-state index in [4.69, 9.17) is 5.11 Å². The van der Waals surface area contributed by atoms with Gasteiger partial charge in [0, 0.05) is 18.8 Å². The molecule has 0 unspecified atom stereocenters. The number of carboxylic acid groups (broad SMARTS) is 1. The van der Waals surface area contributed by atoms with E-state index in [1.807, 2.05) is 30.3 Å². The second-order valence-electron chi connectivity index (χ2n) is 6.76. The highest BCUT2D eigenvalue weighted by Crippen LogP contribution is 2.20. The number of carbonyl (C=O) groups is 1. The fourth-order valence-electron chi connectivity index (χ4n) is 3.06. The molecule has 0 aliphatic carbocycles. The van der Waals surface area contributed by atoms with Gasteiger partial charge in [0.15, 0.2) is 0 Å². The molecule has 1 aromatic heterocycles. The number of rotatable bonds is 7. The molecule has 1 saturated heterocycles. The van der Waals surface area contributed by atoms with E-state index >= 15 is 0 Å². The minimum Gasteiger partial charge on any atom is -0.478 e. The topological polar surface area (TPSA) is 116 Å². The quantitative estimate of drug-likeness (QED) is 0.406. The molecule has 9 nitrogen and oxygen atoms in total. The molecule has 1 aliphatic rings. The van der Waals surface area contributed by atoms with E-state index < -0.39 is 5.97 Å². The summed E-state index contributed by atoms with van der Waals surface area (Å²) in [6, 6.07) is 16.1. The smallest absolute Gasteiger partial charge is 0.335 e. The Bertz CT molecular complexity index is 1030. The minimum absolute atomic E-state index is 0.226. The number of anilines is 4. The first-order valence-corrected chi connectivity index (χ1v) is 9.63. The molecule has 0 radical (unpaired) electrons. The minimum atomic E-state index is -0.963. The number of hydrazone groups is 1. The van der Waals surface area contributed by atoms with Crippen molar-refractivity contribution in [1.82, 2.24) is 15.0 Å². The number of aromatic nitrogens is 3. The van der Waals surface area contributed by atoms with Crippen LogP contribution < -0.4 is 15.6 Å². The van der Waals surface area contributed by atoms with Crippen LogP contribution in [0.25, 0.3) is 0 Å². The molecule has 0 atom stereocenters. The van der Waals surface area contributed by atoms with Crippen molar-refractivity contribution in [3.63, 3.8) is 0 Å². The molecule has 9 heteroatoms. The van der Waals surface area contributed by atoms with E-state index in [1.165, 1.54) is 12.1 Å². The van der Waals surface area contributed by atoms with Crippen LogP contribution in [0.1, 0.15) is 28.8 Å². The predicted molar refractivity (Wildman–Crippen MR) is 116 cm³/mol. The summed E-state index contributed by atoms with van der Waals surface area (Å²) in [6.45, 7) is 1.82. The maximum Gasteiger partial charge on any atom is 0.335 e. The van der Waals surface area contributed by atoms with Crippen molar-refractivity contribution in [2.75, 3.05) is 28.7 Å². The summed E-state index contributed by atoms with van der Waals surface area (Å²) in [5, 5.41) is 16.3. The van der Waals surface area contributed by atoms with E-state index in [9.17, 15) is 4.79 Å². The van der Waals surface area contributed by atoms with Gasteiger partial charge in [0.2, 0.25) is 17.8 Å². The van der Waals surface area contributed by atoms with E-state index in [1.54, 1.807) is 18.3 Å². The highest BCUT2D eigenvalue weighted by atomic mass is 16.4. The molecule has 2 heterocycles. The van der Waals surface area contributed by atoms with Crippen molar-refractivity contribution in [3.8, 4) is 0 Å². The third-order valence-electron chi connectivity index (χ3n) is 4.58. The third kappa shape index (κ3) is 4.88. The Morgan fingerprint density at radius 3 is 2.37 bits per heavy atom. The van der Waals surface area contributed by atoms with Crippen LogP contribution in [-0.2, 0) is 0 Å². The van der Waals surface area contributed by atoms with E-state index in [0.29, 0.717) is 17.8 Å². The molecule has 4 rings (SSSR count). The Kier molecular flexibility index (Phi) is 5.79. The lowest BCUT2D eigenvalue weighted by atomic mass is 10.1. The lowest BCUT2D eigenvalue weighted by Crippen LogP contribution is -2.21. The molecule has 3 N–H and O–H groups in total. The first kappa shape index (κ1) is 19.3. The Balaban J connectivity index is 1.52. The maximum absolute atomic E-state index is 10.9.